The summed E-state index contributed by atoms with van der Waals surface area (Å²) in [4.78, 5) is 26.8. The van der Waals surface area contributed by atoms with Crippen LogP contribution in [-0.2, 0) is 24.2 Å². The molecule has 0 saturated carbocycles. The first-order valence-electron chi connectivity index (χ1n) is 9.68. The minimum Gasteiger partial charge on any atom is -0.451 e. The third-order valence-electron chi connectivity index (χ3n) is 6.04. The van der Waals surface area contributed by atoms with Crippen LogP contribution >= 0.6 is 0 Å². The SMILES string of the molecule is CC1(C)[C@H](C(=O)OC(c2ccccc2)c2ccccc2)N2C(=O)[C@@H](CO)[C@H]2S1(=O)=O. The van der Waals surface area contributed by atoms with Crippen LogP contribution in [0.15, 0.2) is 60.7 Å². The first kappa shape index (κ1) is 20.6. The van der Waals surface area contributed by atoms with Gasteiger partial charge in [-0.25, -0.2) is 13.2 Å². The molecule has 0 spiro atoms. The molecule has 2 aromatic carbocycles. The molecule has 8 heteroatoms. The lowest BCUT2D eigenvalue weighted by Gasteiger charge is -2.42. The molecule has 2 saturated heterocycles. The molecule has 0 aromatic heterocycles. The van der Waals surface area contributed by atoms with Gasteiger partial charge in [-0.05, 0) is 25.0 Å². The lowest BCUT2D eigenvalue weighted by atomic mass is 9.92. The molecule has 1 amide bonds. The first-order chi connectivity index (χ1) is 14.2. The Kier molecular flexibility index (Phi) is 4.94. The van der Waals surface area contributed by atoms with Gasteiger partial charge in [-0.2, -0.15) is 0 Å². The molecule has 2 aliphatic heterocycles. The molecular formula is C22H23NO6S. The minimum absolute atomic E-state index is 0.547. The zero-order chi connectivity index (χ0) is 21.7. The van der Waals surface area contributed by atoms with E-state index >= 15 is 0 Å². The second-order valence-electron chi connectivity index (χ2n) is 8.11. The van der Waals surface area contributed by atoms with Gasteiger partial charge in [0.25, 0.3) is 0 Å². The third kappa shape index (κ3) is 2.86. The number of amides is 1. The highest BCUT2D eigenvalue weighted by Gasteiger charge is 2.72. The standard InChI is InChI=1S/C22H23NO6S/c1-22(2)18(23-19(25)16(13-24)20(23)30(22,27)28)21(26)29-17(14-9-5-3-6-10-14)15-11-7-4-8-12-15/h3-12,16-18,20,24H,13H2,1-2H3/t16-,18+,20-/m1/s1. The van der Waals surface area contributed by atoms with E-state index in [1.807, 2.05) is 60.7 Å². The maximum atomic E-state index is 13.3. The zero-order valence-corrected chi connectivity index (χ0v) is 17.5. The second-order valence-corrected chi connectivity index (χ2v) is 10.7. The number of carbonyl (C=O) groups excluding carboxylic acids is 2. The topological polar surface area (TPSA) is 101 Å². The van der Waals surface area contributed by atoms with E-state index in [1.165, 1.54) is 13.8 Å². The van der Waals surface area contributed by atoms with E-state index in [1.54, 1.807) is 0 Å². The molecule has 7 nitrogen and oxygen atoms in total. The van der Waals surface area contributed by atoms with Gasteiger partial charge in [-0.15, -0.1) is 0 Å². The summed E-state index contributed by atoms with van der Waals surface area (Å²) < 4.78 is 30.3. The first-order valence-corrected chi connectivity index (χ1v) is 11.2. The number of hydrogen-bond acceptors (Lipinski definition) is 6. The normalized spacial score (nSPS) is 26.2. The molecule has 0 unspecified atom stereocenters. The van der Waals surface area contributed by atoms with Crippen LogP contribution in [0.5, 0.6) is 0 Å². The lowest BCUT2D eigenvalue weighted by molar-refractivity contribution is -0.170. The maximum absolute atomic E-state index is 13.3. The number of sulfone groups is 1. The van der Waals surface area contributed by atoms with Crippen molar-refractivity contribution in [3.05, 3.63) is 71.8 Å². The van der Waals surface area contributed by atoms with Gasteiger partial charge in [0.05, 0.1) is 17.3 Å². The van der Waals surface area contributed by atoms with Gasteiger partial charge in [-0.3, -0.25) is 4.79 Å². The number of hydrogen-bond donors (Lipinski definition) is 1. The summed E-state index contributed by atoms with van der Waals surface area (Å²) in [6.07, 6.45) is -0.748. The van der Waals surface area contributed by atoms with Crippen molar-refractivity contribution in [3.8, 4) is 0 Å². The fourth-order valence-corrected chi connectivity index (χ4v) is 6.63. The predicted octanol–water partition coefficient (Wildman–Crippen LogP) is 1.67. The van der Waals surface area contributed by atoms with Gasteiger partial charge in [-0.1, -0.05) is 60.7 Å². The Morgan fingerprint density at radius 2 is 1.57 bits per heavy atom. The molecule has 0 radical (unpaired) electrons. The van der Waals surface area contributed by atoms with Crippen molar-refractivity contribution in [1.82, 2.24) is 4.90 Å². The highest BCUT2D eigenvalue weighted by molar-refractivity contribution is 7.93. The minimum atomic E-state index is -3.87. The number of ether oxygens (including phenoxy) is 1. The number of rotatable bonds is 5. The van der Waals surface area contributed by atoms with E-state index in [9.17, 15) is 23.1 Å². The molecule has 2 heterocycles. The van der Waals surface area contributed by atoms with Crippen LogP contribution in [0.25, 0.3) is 0 Å². The summed E-state index contributed by atoms with van der Waals surface area (Å²) in [5.74, 6) is -2.37. The molecule has 1 N–H and O–H groups in total. The van der Waals surface area contributed by atoms with Gasteiger partial charge < -0.3 is 14.7 Å². The molecule has 0 bridgehead atoms. The highest BCUT2D eigenvalue weighted by Crippen LogP contribution is 2.49. The number of aliphatic hydroxyl groups excluding tert-OH is 1. The number of carbonyl (C=O) groups is 2. The largest absolute Gasteiger partial charge is 0.451 e. The van der Waals surface area contributed by atoms with Gasteiger partial charge >= 0.3 is 5.97 Å². The average molecular weight is 429 g/mol. The van der Waals surface area contributed by atoms with Crippen LogP contribution < -0.4 is 0 Å². The van der Waals surface area contributed by atoms with E-state index in [4.69, 9.17) is 4.74 Å². The number of benzene rings is 2. The average Bonchev–Trinajstić information content (AvgIpc) is 2.88. The number of esters is 1. The molecule has 2 aliphatic rings. The van der Waals surface area contributed by atoms with Gasteiger partial charge in [0.1, 0.15) is 11.4 Å². The van der Waals surface area contributed by atoms with Crippen molar-refractivity contribution in [3.63, 3.8) is 0 Å². The molecule has 3 atom stereocenters. The summed E-state index contributed by atoms with van der Waals surface area (Å²) in [7, 11) is -3.87. The smallest absolute Gasteiger partial charge is 0.331 e. The fraction of sp³-hybridized carbons (Fsp3) is 0.364. The molecular weight excluding hydrogens is 406 g/mol. The van der Waals surface area contributed by atoms with Crippen molar-refractivity contribution >= 4 is 21.7 Å². The summed E-state index contributed by atoms with van der Waals surface area (Å²) in [6, 6.07) is 17.0. The lowest BCUT2D eigenvalue weighted by Crippen LogP contribution is -2.64. The Bertz CT molecular complexity index is 1030. The zero-order valence-electron chi connectivity index (χ0n) is 16.6. The summed E-state index contributed by atoms with van der Waals surface area (Å²) in [5.41, 5.74) is 1.46. The highest BCUT2D eigenvalue weighted by atomic mass is 32.2. The Morgan fingerprint density at radius 3 is 2.03 bits per heavy atom. The third-order valence-corrected chi connectivity index (χ3v) is 8.92. The van der Waals surface area contributed by atoms with E-state index in [2.05, 4.69) is 0 Å². The number of nitrogens with zero attached hydrogens (tertiary/aromatic N) is 1. The molecule has 2 aromatic rings. The Balaban J connectivity index is 1.70. The predicted molar refractivity (Wildman–Crippen MR) is 109 cm³/mol. The van der Waals surface area contributed by atoms with E-state index in [-0.39, 0.29) is 0 Å². The molecule has 158 valence electrons. The Labute approximate surface area is 175 Å². The maximum Gasteiger partial charge on any atom is 0.331 e. The van der Waals surface area contributed by atoms with Crippen molar-refractivity contribution in [1.29, 1.82) is 0 Å². The van der Waals surface area contributed by atoms with E-state index in [0.29, 0.717) is 0 Å². The number of aliphatic hydroxyl groups is 1. The molecule has 4 rings (SSSR count). The quantitative estimate of drug-likeness (QED) is 0.573. The van der Waals surface area contributed by atoms with Crippen LogP contribution in [0.2, 0.25) is 0 Å². The molecule has 30 heavy (non-hydrogen) atoms. The van der Waals surface area contributed by atoms with Crippen LogP contribution in [0.3, 0.4) is 0 Å². The number of β-lactam (4-membered cyclic amide) rings is 1. The summed E-state index contributed by atoms with van der Waals surface area (Å²) in [6.45, 7) is 2.27. The Morgan fingerprint density at radius 1 is 1.07 bits per heavy atom. The molecule has 2 fully saturated rings. The van der Waals surface area contributed by atoms with Crippen LogP contribution in [-0.4, -0.2) is 53.1 Å². The van der Waals surface area contributed by atoms with Crippen molar-refractivity contribution in [2.24, 2.45) is 5.92 Å². The molecule has 0 aliphatic carbocycles. The fourth-order valence-electron chi connectivity index (χ4n) is 4.32. The van der Waals surface area contributed by atoms with E-state index in [0.717, 1.165) is 16.0 Å². The van der Waals surface area contributed by atoms with Gasteiger partial charge in [0.2, 0.25) is 5.91 Å². The van der Waals surface area contributed by atoms with Crippen molar-refractivity contribution in [2.75, 3.05) is 6.61 Å². The van der Waals surface area contributed by atoms with Crippen molar-refractivity contribution < 1.29 is 27.9 Å². The van der Waals surface area contributed by atoms with Gasteiger partial charge in [0.15, 0.2) is 15.9 Å². The monoisotopic (exact) mass is 429 g/mol. The second kappa shape index (κ2) is 7.21. The van der Waals surface area contributed by atoms with Crippen molar-refractivity contribution in [2.45, 2.75) is 36.1 Å². The summed E-state index contributed by atoms with van der Waals surface area (Å²) >= 11 is 0. The van der Waals surface area contributed by atoms with Crippen LogP contribution in [0, 0.1) is 5.92 Å². The Hall–Kier alpha value is -2.71. The van der Waals surface area contributed by atoms with E-state index < -0.39 is 56.5 Å². The summed E-state index contributed by atoms with van der Waals surface area (Å²) in [5, 5.41) is 8.25. The number of fused-ring (bicyclic) bond motifs is 1. The van der Waals surface area contributed by atoms with Gasteiger partial charge in [0, 0.05) is 0 Å². The van der Waals surface area contributed by atoms with Crippen LogP contribution in [0.4, 0.5) is 0 Å². The van der Waals surface area contributed by atoms with Crippen LogP contribution in [0.1, 0.15) is 31.1 Å².